The quantitative estimate of drug-likeness (QED) is 0.725. The van der Waals surface area contributed by atoms with Gasteiger partial charge in [0.1, 0.15) is 15.9 Å². The van der Waals surface area contributed by atoms with Crippen molar-refractivity contribution in [3.63, 3.8) is 0 Å². The van der Waals surface area contributed by atoms with Crippen molar-refractivity contribution in [2.75, 3.05) is 20.6 Å². The molecule has 0 unspecified atom stereocenters. The molecule has 0 spiro atoms. The van der Waals surface area contributed by atoms with Crippen molar-refractivity contribution in [2.45, 2.75) is 24.8 Å². The van der Waals surface area contributed by atoms with Gasteiger partial charge in [-0.05, 0) is 30.7 Å². The van der Waals surface area contributed by atoms with Crippen molar-refractivity contribution < 1.29 is 12.8 Å². The van der Waals surface area contributed by atoms with Gasteiger partial charge in [-0.1, -0.05) is 29.3 Å². The molecule has 0 aliphatic heterocycles. The summed E-state index contributed by atoms with van der Waals surface area (Å²) in [5, 5.41) is 4.70. The number of nitrogens with zero attached hydrogens (tertiary/aromatic N) is 3. The second-order valence-electron chi connectivity index (χ2n) is 6.13. The average molecular weight is 435 g/mol. The molecule has 2 aromatic rings. The van der Waals surface area contributed by atoms with Gasteiger partial charge in [0.05, 0.1) is 17.3 Å². The lowest BCUT2D eigenvalue weighted by Crippen LogP contribution is -2.22. The lowest BCUT2D eigenvalue weighted by molar-refractivity contribution is 0.520. The molecule has 0 aliphatic carbocycles. The van der Waals surface area contributed by atoms with E-state index in [4.69, 9.17) is 28.9 Å². The van der Waals surface area contributed by atoms with Gasteiger partial charge in [-0.3, -0.25) is 0 Å². The number of nitrogens with two attached hydrogens (primary N) is 1. The zero-order valence-electron chi connectivity index (χ0n) is 15.2. The zero-order valence-corrected chi connectivity index (χ0v) is 17.5. The summed E-state index contributed by atoms with van der Waals surface area (Å²) in [7, 11) is -0.748. The number of aryl methyl sites for hydroxylation is 1. The molecular formula is C17H21Cl2FN4O2S. The van der Waals surface area contributed by atoms with Crippen LogP contribution in [-0.2, 0) is 23.0 Å². The molecule has 0 aliphatic rings. The Morgan fingerprint density at radius 2 is 2.04 bits per heavy atom. The predicted molar refractivity (Wildman–Crippen MR) is 105 cm³/mol. The van der Waals surface area contributed by atoms with Gasteiger partial charge in [0.15, 0.2) is 0 Å². The van der Waals surface area contributed by atoms with Crippen LogP contribution >= 0.6 is 23.2 Å². The number of hydrogen-bond acceptors (Lipinski definition) is 4. The van der Waals surface area contributed by atoms with E-state index in [0.29, 0.717) is 17.3 Å². The summed E-state index contributed by atoms with van der Waals surface area (Å²) >= 11 is 12.5. The molecule has 0 radical (unpaired) electrons. The van der Waals surface area contributed by atoms with Gasteiger partial charge in [-0.25, -0.2) is 21.8 Å². The van der Waals surface area contributed by atoms with Crippen molar-refractivity contribution in [1.29, 1.82) is 0 Å². The van der Waals surface area contributed by atoms with Crippen LogP contribution in [0.25, 0.3) is 0 Å². The highest BCUT2D eigenvalue weighted by molar-refractivity contribution is 7.89. The summed E-state index contributed by atoms with van der Waals surface area (Å²) in [4.78, 5) is 0.0328. The summed E-state index contributed by atoms with van der Waals surface area (Å²) < 4.78 is 40.6. The minimum absolute atomic E-state index is 0.0328. The number of hydrogen-bond donors (Lipinski definition) is 1. The van der Waals surface area contributed by atoms with E-state index in [0.717, 1.165) is 15.4 Å². The number of halogens is 3. The Hall–Kier alpha value is -1.45. The molecule has 1 aromatic carbocycles. The smallest absolute Gasteiger partial charge is 0.244 e. The summed E-state index contributed by atoms with van der Waals surface area (Å²) in [5.41, 5.74) is 7.43. The first kappa shape index (κ1) is 21.8. The van der Waals surface area contributed by atoms with Crippen LogP contribution < -0.4 is 5.73 Å². The van der Waals surface area contributed by atoms with Crippen molar-refractivity contribution in [3.8, 4) is 0 Å². The second kappa shape index (κ2) is 8.70. The van der Waals surface area contributed by atoms with Gasteiger partial charge in [-0.2, -0.15) is 5.10 Å². The molecule has 148 valence electrons. The molecule has 2 N–H and O–H groups in total. The molecule has 1 aromatic heterocycles. The molecule has 0 amide bonds. The number of allylic oxidation sites excluding steroid dienone is 1. The minimum atomic E-state index is -3.63. The molecule has 10 heteroatoms. The van der Waals surface area contributed by atoms with Crippen LogP contribution in [0.1, 0.15) is 16.8 Å². The van der Waals surface area contributed by atoms with Crippen molar-refractivity contribution in [3.05, 3.63) is 57.1 Å². The lowest BCUT2D eigenvalue weighted by Gasteiger charge is -2.13. The Balaban J connectivity index is 2.32. The molecule has 0 bridgehead atoms. The van der Waals surface area contributed by atoms with Crippen LogP contribution in [0, 0.1) is 6.92 Å². The third-order valence-corrected chi connectivity index (χ3v) is 6.68. The van der Waals surface area contributed by atoms with Gasteiger partial charge in [0.2, 0.25) is 10.0 Å². The van der Waals surface area contributed by atoms with E-state index in [9.17, 15) is 12.8 Å². The number of rotatable bonds is 7. The number of sulfonamides is 1. The van der Waals surface area contributed by atoms with E-state index in [2.05, 4.69) is 5.10 Å². The first-order valence-corrected chi connectivity index (χ1v) is 10.2. The summed E-state index contributed by atoms with van der Waals surface area (Å²) in [6.45, 7) is 1.77. The molecule has 27 heavy (non-hydrogen) atoms. The maximum atomic E-state index is 13.7. The van der Waals surface area contributed by atoms with Crippen molar-refractivity contribution in [2.24, 2.45) is 5.73 Å². The highest BCUT2D eigenvalue weighted by Crippen LogP contribution is 2.28. The molecule has 0 fully saturated rings. The topological polar surface area (TPSA) is 81.2 Å². The molecular weight excluding hydrogens is 414 g/mol. The lowest BCUT2D eigenvalue weighted by atomic mass is 10.1. The van der Waals surface area contributed by atoms with Gasteiger partial charge >= 0.3 is 0 Å². The number of benzene rings is 1. The molecule has 2 rings (SSSR count). The fourth-order valence-corrected chi connectivity index (χ4v) is 4.23. The van der Waals surface area contributed by atoms with E-state index in [-0.39, 0.29) is 23.0 Å². The van der Waals surface area contributed by atoms with Gasteiger partial charge in [0, 0.05) is 32.6 Å². The molecule has 1 heterocycles. The summed E-state index contributed by atoms with van der Waals surface area (Å²) in [5.74, 6) is -0.422. The highest BCUT2D eigenvalue weighted by Gasteiger charge is 2.21. The van der Waals surface area contributed by atoms with Crippen molar-refractivity contribution in [1.82, 2.24) is 14.1 Å². The molecule has 0 saturated carbocycles. The number of aromatic nitrogens is 2. The minimum Gasteiger partial charge on any atom is -0.327 e. The third-order valence-electron chi connectivity index (χ3n) is 3.96. The maximum Gasteiger partial charge on any atom is 0.244 e. The van der Waals surface area contributed by atoms with Crippen molar-refractivity contribution >= 4 is 33.2 Å². The van der Waals surface area contributed by atoms with E-state index < -0.39 is 15.9 Å². The van der Waals surface area contributed by atoms with E-state index in [1.54, 1.807) is 19.1 Å². The van der Waals surface area contributed by atoms with E-state index in [1.807, 2.05) is 0 Å². The highest BCUT2D eigenvalue weighted by atomic mass is 35.5. The van der Waals surface area contributed by atoms with Crippen LogP contribution in [0.2, 0.25) is 10.2 Å². The Morgan fingerprint density at radius 3 is 2.59 bits per heavy atom. The molecule has 0 atom stereocenters. The standard InChI is InChI=1S/C17H21Cl2FN4O2S/c1-11-14(17(19)24(22-11)10-13(20)6-7-21)8-12-4-5-16(15(18)9-12)27(25,26)23(2)3/h4-6,9H,7-8,10,21H2,1-3H3. The SMILES string of the molecule is Cc1nn(CC(F)=CCN)c(Cl)c1Cc1ccc(S(=O)(=O)N(C)C)c(Cl)c1. The fourth-order valence-electron chi connectivity index (χ4n) is 2.50. The molecule has 0 saturated heterocycles. The molecule has 6 nitrogen and oxygen atoms in total. The van der Waals surface area contributed by atoms with Gasteiger partial charge < -0.3 is 5.73 Å². The second-order valence-corrected chi connectivity index (χ2v) is 9.01. The average Bonchev–Trinajstić information content (AvgIpc) is 2.82. The van der Waals surface area contributed by atoms with Gasteiger partial charge in [-0.15, -0.1) is 0 Å². The summed E-state index contributed by atoms with van der Waals surface area (Å²) in [6.07, 6.45) is 1.64. The van der Waals surface area contributed by atoms with Crippen LogP contribution in [0.15, 0.2) is 35.0 Å². The Kier molecular flexibility index (Phi) is 7.04. The fraction of sp³-hybridized carbons (Fsp3) is 0.353. The van der Waals surface area contributed by atoms with Crippen LogP contribution in [0.5, 0.6) is 0 Å². The Morgan fingerprint density at radius 1 is 1.37 bits per heavy atom. The maximum absolute atomic E-state index is 13.7. The first-order valence-electron chi connectivity index (χ1n) is 8.05. The first-order chi connectivity index (χ1) is 12.6. The third kappa shape index (κ3) is 4.89. The Bertz CT molecular complexity index is 972. The largest absolute Gasteiger partial charge is 0.327 e. The monoisotopic (exact) mass is 434 g/mol. The zero-order chi connectivity index (χ0) is 20.4. The van der Waals surface area contributed by atoms with E-state index in [1.165, 1.54) is 30.9 Å². The predicted octanol–water partition coefficient (Wildman–Crippen LogP) is 3.15. The van der Waals surface area contributed by atoms with Crippen LogP contribution in [0.3, 0.4) is 0 Å². The summed E-state index contributed by atoms with van der Waals surface area (Å²) in [6, 6.07) is 4.72. The normalized spacial score (nSPS) is 12.8. The van der Waals surface area contributed by atoms with Gasteiger partial charge in [0.25, 0.3) is 0 Å². The van der Waals surface area contributed by atoms with Crippen LogP contribution in [-0.4, -0.2) is 43.1 Å². The Labute approximate surface area is 168 Å². The van der Waals surface area contributed by atoms with E-state index >= 15 is 0 Å². The van der Waals surface area contributed by atoms with Crippen LogP contribution in [0.4, 0.5) is 4.39 Å².